The second kappa shape index (κ2) is 4.49. The van der Waals surface area contributed by atoms with Crippen molar-refractivity contribution in [3.05, 3.63) is 0 Å². The molecule has 0 radical (unpaired) electrons. The monoisotopic (exact) mass is 369 g/mol. The molecule has 20 heavy (non-hydrogen) atoms. The van der Waals surface area contributed by atoms with Crippen LogP contribution in [0.4, 0.5) is 26.3 Å². The summed E-state index contributed by atoms with van der Waals surface area (Å²) >= 11 is 2.87. The van der Waals surface area contributed by atoms with Crippen LogP contribution in [0.15, 0.2) is 0 Å². The predicted octanol–water partition coefficient (Wildman–Crippen LogP) is 2.54. The number of carbonyl (C=O) groups excluding carboxylic acids is 1. The van der Waals surface area contributed by atoms with Gasteiger partial charge in [-0.3, -0.25) is 10.1 Å². The van der Waals surface area contributed by atoms with Gasteiger partial charge in [0.2, 0.25) is 5.54 Å². The first-order valence-corrected chi connectivity index (χ1v) is 6.56. The van der Waals surface area contributed by atoms with Crippen molar-refractivity contribution in [2.75, 3.05) is 0 Å². The maximum Gasteiger partial charge on any atom is 0.415 e. The van der Waals surface area contributed by atoms with Crippen LogP contribution in [0.1, 0.15) is 13.3 Å². The van der Waals surface area contributed by atoms with E-state index >= 15 is 0 Å². The summed E-state index contributed by atoms with van der Waals surface area (Å²) in [6, 6.07) is -1.23. The maximum atomic E-state index is 13.0. The summed E-state index contributed by atoms with van der Waals surface area (Å²) in [5, 5.41) is 1.61. The van der Waals surface area contributed by atoms with E-state index in [9.17, 15) is 31.1 Å². The van der Waals surface area contributed by atoms with Gasteiger partial charge in [0.15, 0.2) is 0 Å². The number of ether oxygens (including phenoxy) is 1. The van der Waals surface area contributed by atoms with Crippen LogP contribution in [0.25, 0.3) is 0 Å². The smallest absolute Gasteiger partial charge is 0.415 e. The number of hydrogen-bond donors (Lipinski definition) is 1. The Hall–Kier alpha value is -0.510. The van der Waals surface area contributed by atoms with Gasteiger partial charge in [0.25, 0.3) is 0 Å². The van der Waals surface area contributed by atoms with Crippen molar-refractivity contribution in [2.45, 2.75) is 48.2 Å². The molecule has 0 unspecified atom stereocenters. The third-order valence-electron chi connectivity index (χ3n) is 3.78. The Bertz CT molecular complexity index is 409. The average molecular weight is 370 g/mol. The molecular formula is C10H10BrF6NO2. The first-order chi connectivity index (χ1) is 8.92. The summed E-state index contributed by atoms with van der Waals surface area (Å²) in [6.45, 7) is 1.05. The van der Waals surface area contributed by atoms with E-state index in [2.05, 4.69) is 15.9 Å². The summed E-state index contributed by atoms with van der Waals surface area (Å²) < 4.78 is 82.9. The van der Waals surface area contributed by atoms with Crippen molar-refractivity contribution >= 4 is 21.9 Å². The zero-order valence-corrected chi connectivity index (χ0v) is 11.6. The van der Waals surface area contributed by atoms with Crippen LogP contribution >= 0.6 is 15.9 Å². The van der Waals surface area contributed by atoms with Crippen molar-refractivity contribution in [1.82, 2.24) is 5.32 Å². The van der Waals surface area contributed by atoms with Crippen LogP contribution in [0.2, 0.25) is 0 Å². The fourth-order valence-electron chi connectivity index (χ4n) is 3.02. The molecule has 0 aromatic rings. The third kappa shape index (κ3) is 2.02. The fraction of sp³-hybridized carbons (Fsp3) is 0.900. The topological polar surface area (TPSA) is 38.3 Å². The molecule has 1 heterocycles. The van der Waals surface area contributed by atoms with Crippen molar-refractivity contribution in [2.24, 2.45) is 5.92 Å². The van der Waals surface area contributed by atoms with Gasteiger partial charge in [-0.15, -0.1) is 0 Å². The predicted molar refractivity (Wildman–Crippen MR) is 58.1 cm³/mol. The number of esters is 1. The lowest BCUT2D eigenvalue weighted by molar-refractivity contribution is -0.320. The molecule has 1 saturated heterocycles. The zero-order chi connectivity index (χ0) is 15.5. The summed E-state index contributed by atoms with van der Waals surface area (Å²) in [6.07, 6.45) is -12.5. The van der Waals surface area contributed by atoms with E-state index in [1.165, 1.54) is 0 Å². The highest BCUT2D eigenvalue weighted by molar-refractivity contribution is 9.09. The molecule has 0 aromatic carbocycles. The summed E-state index contributed by atoms with van der Waals surface area (Å²) in [5.41, 5.74) is -3.96. The molecule has 2 aliphatic rings. The van der Waals surface area contributed by atoms with Crippen molar-refractivity contribution in [3.63, 3.8) is 0 Å². The van der Waals surface area contributed by atoms with Crippen molar-refractivity contribution < 1.29 is 35.9 Å². The Morgan fingerprint density at radius 3 is 2.05 bits per heavy atom. The number of hydrogen-bond acceptors (Lipinski definition) is 3. The SMILES string of the molecule is CC(=O)O[C@H]1C[C@H]2[C@H](Br)[C@@H]1NC2(C(F)(F)F)C(F)(F)F. The van der Waals surface area contributed by atoms with Crippen molar-refractivity contribution in [1.29, 1.82) is 0 Å². The molecule has 1 aliphatic carbocycles. The molecule has 4 atom stereocenters. The normalized spacial score (nSPS) is 36.2. The molecular weight excluding hydrogens is 360 g/mol. The van der Waals surface area contributed by atoms with Gasteiger partial charge in [0.1, 0.15) is 6.10 Å². The Balaban J connectivity index is 2.37. The quantitative estimate of drug-likeness (QED) is 0.438. The van der Waals surface area contributed by atoms with Gasteiger partial charge in [-0.25, -0.2) is 0 Å². The fourth-order valence-corrected chi connectivity index (χ4v) is 4.10. The van der Waals surface area contributed by atoms with Crippen LogP contribution in [0, 0.1) is 5.92 Å². The van der Waals surface area contributed by atoms with Crippen LogP contribution in [-0.4, -0.2) is 40.8 Å². The van der Waals surface area contributed by atoms with Gasteiger partial charge >= 0.3 is 18.3 Å². The average Bonchev–Trinajstić information content (AvgIpc) is 2.66. The number of fused-ring (bicyclic) bond motifs is 2. The lowest BCUT2D eigenvalue weighted by atomic mass is 9.82. The second-order valence-corrected chi connectivity index (χ2v) is 5.97. The van der Waals surface area contributed by atoms with Gasteiger partial charge < -0.3 is 4.74 Å². The van der Waals surface area contributed by atoms with E-state index in [1.807, 2.05) is 0 Å². The van der Waals surface area contributed by atoms with E-state index < -0.39 is 53.2 Å². The van der Waals surface area contributed by atoms with Gasteiger partial charge in [-0.05, 0) is 6.42 Å². The number of alkyl halides is 7. The minimum Gasteiger partial charge on any atom is -0.461 e. The van der Waals surface area contributed by atoms with Crippen LogP contribution in [-0.2, 0) is 9.53 Å². The molecule has 2 fully saturated rings. The largest absolute Gasteiger partial charge is 0.461 e. The Kier molecular flexibility index (Phi) is 3.56. The number of halogens is 7. The number of rotatable bonds is 1. The van der Waals surface area contributed by atoms with E-state index in [4.69, 9.17) is 4.74 Å². The molecule has 2 bridgehead atoms. The molecule has 1 saturated carbocycles. The molecule has 3 nitrogen and oxygen atoms in total. The molecule has 1 aliphatic heterocycles. The summed E-state index contributed by atoms with van der Waals surface area (Å²) in [7, 11) is 0. The van der Waals surface area contributed by atoms with E-state index in [0.29, 0.717) is 0 Å². The lowest BCUT2D eigenvalue weighted by Gasteiger charge is -2.42. The van der Waals surface area contributed by atoms with E-state index in [1.54, 1.807) is 5.32 Å². The Morgan fingerprint density at radius 1 is 1.25 bits per heavy atom. The van der Waals surface area contributed by atoms with Gasteiger partial charge in [-0.1, -0.05) is 15.9 Å². The van der Waals surface area contributed by atoms with Crippen LogP contribution < -0.4 is 5.32 Å². The molecule has 10 heteroatoms. The van der Waals surface area contributed by atoms with Crippen molar-refractivity contribution in [3.8, 4) is 0 Å². The van der Waals surface area contributed by atoms with Gasteiger partial charge in [0.05, 0.1) is 6.04 Å². The summed E-state index contributed by atoms with van der Waals surface area (Å²) in [5.74, 6) is -2.52. The van der Waals surface area contributed by atoms with E-state index in [-0.39, 0.29) is 0 Å². The highest BCUT2D eigenvalue weighted by Crippen LogP contribution is 2.59. The molecule has 0 aromatic heterocycles. The van der Waals surface area contributed by atoms with Crippen LogP contribution in [0.5, 0.6) is 0 Å². The highest BCUT2D eigenvalue weighted by Gasteiger charge is 2.81. The van der Waals surface area contributed by atoms with Gasteiger partial charge in [-0.2, -0.15) is 26.3 Å². The molecule has 0 amide bonds. The number of piperidine rings is 1. The van der Waals surface area contributed by atoms with E-state index in [0.717, 1.165) is 6.92 Å². The Labute approximate surface area is 118 Å². The summed E-state index contributed by atoms with van der Waals surface area (Å²) in [4.78, 5) is 9.75. The Morgan fingerprint density at radius 2 is 1.75 bits per heavy atom. The first kappa shape index (κ1) is 15.9. The lowest BCUT2D eigenvalue weighted by Crippen LogP contribution is -2.70. The number of carbonyl (C=O) groups is 1. The molecule has 1 N–H and O–H groups in total. The standard InChI is InChI=1S/C10H10BrF6NO2/c1-3(19)20-5-2-4-6(11)7(5)18-8(4,9(12,13)14)10(15,16)17/h4-7,18H,2H2,1H3/t4-,5-,6-,7+/m0/s1. The maximum absolute atomic E-state index is 13.0. The molecule has 0 spiro atoms. The minimum absolute atomic E-state index is 0.494. The zero-order valence-electron chi connectivity index (χ0n) is 9.98. The van der Waals surface area contributed by atoms with Gasteiger partial charge in [0, 0.05) is 17.7 Å². The number of nitrogens with one attached hydrogen (secondary N) is 1. The molecule has 116 valence electrons. The minimum atomic E-state index is -5.49. The van der Waals surface area contributed by atoms with Crippen LogP contribution in [0.3, 0.4) is 0 Å². The first-order valence-electron chi connectivity index (χ1n) is 5.64. The molecule has 2 rings (SSSR count). The highest BCUT2D eigenvalue weighted by atomic mass is 79.9. The second-order valence-electron chi connectivity index (χ2n) is 4.91. The third-order valence-corrected chi connectivity index (χ3v) is 4.98.